The fourth-order valence-corrected chi connectivity index (χ4v) is 2.99. The molecule has 0 aromatic heterocycles. The van der Waals surface area contributed by atoms with Crippen molar-refractivity contribution in [2.75, 3.05) is 18.9 Å². The van der Waals surface area contributed by atoms with Gasteiger partial charge in [-0.1, -0.05) is 12.8 Å². The summed E-state index contributed by atoms with van der Waals surface area (Å²) in [6, 6.07) is 2.39. The van der Waals surface area contributed by atoms with E-state index in [4.69, 9.17) is 10.8 Å². The highest BCUT2D eigenvalue weighted by atomic mass is 32.2. The van der Waals surface area contributed by atoms with Crippen molar-refractivity contribution in [1.29, 1.82) is 0 Å². The normalized spacial score (nSPS) is 11.8. The van der Waals surface area contributed by atoms with E-state index in [-0.39, 0.29) is 22.8 Å². The Kier molecular flexibility index (Phi) is 6.38. The fraction of sp³-hybridized carbons (Fsp3) is 0.538. The maximum Gasteiger partial charge on any atom is 0.240 e. The standard InChI is InChI=1S/C13H21FN2O3S/c1-10-8-11(9-12(15)13(10)14)20(18,19)16-6-4-2-3-5-7-17/h8-9,16-17H,2-7,15H2,1H3. The summed E-state index contributed by atoms with van der Waals surface area (Å²) < 4.78 is 39.8. The summed E-state index contributed by atoms with van der Waals surface area (Å²) in [5.74, 6) is -0.590. The van der Waals surface area contributed by atoms with Crippen molar-refractivity contribution < 1.29 is 17.9 Å². The molecule has 0 radical (unpaired) electrons. The fourth-order valence-electron chi connectivity index (χ4n) is 1.80. The SMILES string of the molecule is Cc1cc(S(=O)(=O)NCCCCCCO)cc(N)c1F. The third-order valence-corrected chi connectivity index (χ3v) is 4.38. The first-order valence-electron chi connectivity index (χ1n) is 6.54. The van der Waals surface area contributed by atoms with Gasteiger partial charge in [0.05, 0.1) is 10.6 Å². The minimum atomic E-state index is -3.66. The predicted molar refractivity (Wildman–Crippen MR) is 76.3 cm³/mol. The number of nitrogens with two attached hydrogens (primary N) is 1. The first-order valence-corrected chi connectivity index (χ1v) is 8.03. The molecule has 0 spiro atoms. The first-order chi connectivity index (χ1) is 9.38. The van der Waals surface area contributed by atoms with Gasteiger partial charge in [-0.25, -0.2) is 17.5 Å². The van der Waals surface area contributed by atoms with Crippen molar-refractivity contribution in [3.8, 4) is 0 Å². The van der Waals surface area contributed by atoms with Crippen molar-refractivity contribution in [2.24, 2.45) is 0 Å². The number of aliphatic hydroxyl groups is 1. The minimum Gasteiger partial charge on any atom is -0.396 e. The van der Waals surface area contributed by atoms with Gasteiger partial charge in [-0.05, 0) is 37.5 Å². The van der Waals surface area contributed by atoms with E-state index >= 15 is 0 Å². The number of hydrogen-bond acceptors (Lipinski definition) is 4. The molecule has 1 aromatic carbocycles. The molecule has 0 heterocycles. The zero-order valence-electron chi connectivity index (χ0n) is 11.5. The zero-order chi connectivity index (χ0) is 15.2. The number of unbranched alkanes of at least 4 members (excludes halogenated alkanes) is 3. The van der Waals surface area contributed by atoms with Crippen LogP contribution in [-0.4, -0.2) is 26.7 Å². The van der Waals surface area contributed by atoms with E-state index in [2.05, 4.69) is 4.72 Å². The van der Waals surface area contributed by atoms with Gasteiger partial charge >= 0.3 is 0 Å². The predicted octanol–water partition coefficient (Wildman–Crippen LogP) is 1.55. The van der Waals surface area contributed by atoms with Crippen LogP contribution in [0.2, 0.25) is 0 Å². The van der Waals surface area contributed by atoms with Gasteiger partial charge in [0.2, 0.25) is 10.0 Å². The number of nitrogen functional groups attached to an aromatic ring is 1. The molecular formula is C13H21FN2O3S. The van der Waals surface area contributed by atoms with Crippen LogP contribution in [0.1, 0.15) is 31.2 Å². The summed E-state index contributed by atoms with van der Waals surface area (Å²) in [4.78, 5) is -0.0238. The van der Waals surface area contributed by atoms with Gasteiger partial charge in [0, 0.05) is 13.2 Å². The molecule has 0 fully saturated rings. The van der Waals surface area contributed by atoms with Crippen LogP contribution >= 0.6 is 0 Å². The lowest BCUT2D eigenvalue weighted by atomic mass is 10.2. The largest absolute Gasteiger partial charge is 0.396 e. The highest BCUT2D eigenvalue weighted by molar-refractivity contribution is 7.89. The summed E-state index contributed by atoms with van der Waals surface area (Å²) in [7, 11) is -3.66. The number of anilines is 1. The highest BCUT2D eigenvalue weighted by Crippen LogP contribution is 2.20. The molecule has 1 aromatic rings. The van der Waals surface area contributed by atoms with Gasteiger partial charge in [-0.15, -0.1) is 0 Å². The third kappa shape index (κ3) is 4.73. The molecule has 7 heteroatoms. The van der Waals surface area contributed by atoms with Crippen molar-refractivity contribution >= 4 is 15.7 Å². The average Bonchev–Trinajstić information content (AvgIpc) is 2.39. The molecule has 4 N–H and O–H groups in total. The number of nitrogens with one attached hydrogen (secondary N) is 1. The molecule has 0 unspecified atom stereocenters. The summed E-state index contributed by atoms with van der Waals surface area (Å²) in [6.45, 7) is 1.93. The zero-order valence-corrected chi connectivity index (χ0v) is 12.3. The second-order valence-corrected chi connectivity index (χ2v) is 6.45. The minimum absolute atomic E-state index is 0.0238. The van der Waals surface area contributed by atoms with E-state index in [0.29, 0.717) is 13.0 Å². The van der Waals surface area contributed by atoms with Crippen LogP contribution < -0.4 is 10.5 Å². The monoisotopic (exact) mass is 304 g/mol. The number of benzene rings is 1. The second kappa shape index (κ2) is 7.56. The molecule has 0 atom stereocenters. The summed E-state index contributed by atoms with van der Waals surface area (Å²) in [6.07, 6.45) is 3.11. The Morgan fingerprint density at radius 2 is 1.90 bits per heavy atom. The third-order valence-electron chi connectivity index (χ3n) is 2.94. The van der Waals surface area contributed by atoms with Gasteiger partial charge in [-0.2, -0.15) is 0 Å². The number of aliphatic hydroxyl groups excluding tert-OH is 1. The first kappa shape index (κ1) is 16.9. The topological polar surface area (TPSA) is 92.4 Å². The Morgan fingerprint density at radius 1 is 1.25 bits per heavy atom. The van der Waals surface area contributed by atoms with E-state index < -0.39 is 15.8 Å². The van der Waals surface area contributed by atoms with E-state index in [1.165, 1.54) is 13.0 Å². The van der Waals surface area contributed by atoms with E-state index in [1.807, 2.05) is 0 Å². The maximum atomic E-state index is 13.4. The average molecular weight is 304 g/mol. The lowest BCUT2D eigenvalue weighted by molar-refractivity contribution is 0.282. The molecule has 1 rings (SSSR count). The summed E-state index contributed by atoms with van der Waals surface area (Å²) >= 11 is 0. The Bertz CT molecular complexity index is 524. The quantitative estimate of drug-likeness (QED) is 0.502. The van der Waals surface area contributed by atoms with Gasteiger partial charge in [-0.3, -0.25) is 0 Å². The molecule has 5 nitrogen and oxygen atoms in total. The summed E-state index contributed by atoms with van der Waals surface area (Å²) in [5.41, 5.74) is 5.47. The van der Waals surface area contributed by atoms with Gasteiger partial charge in [0.1, 0.15) is 5.82 Å². The van der Waals surface area contributed by atoms with Crippen molar-refractivity contribution in [3.05, 3.63) is 23.5 Å². The van der Waals surface area contributed by atoms with Crippen molar-refractivity contribution in [3.63, 3.8) is 0 Å². The summed E-state index contributed by atoms with van der Waals surface area (Å²) in [5, 5.41) is 8.62. The van der Waals surface area contributed by atoms with Gasteiger partial charge in [0.15, 0.2) is 0 Å². The van der Waals surface area contributed by atoms with Crippen LogP contribution in [0.4, 0.5) is 10.1 Å². The molecular weight excluding hydrogens is 283 g/mol. The van der Waals surface area contributed by atoms with E-state index in [0.717, 1.165) is 25.3 Å². The van der Waals surface area contributed by atoms with Crippen molar-refractivity contribution in [2.45, 2.75) is 37.5 Å². The number of rotatable bonds is 8. The molecule has 114 valence electrons. The van der Waals surface area contributed by atoms with Crippen LogP contribution in [0.15, 0.2) is 17.0 Å². The number of sulfonamides is 1. The molecule has 0 saturated carbocycles. The molecule has 0 aliphatic rings. The van der Waals surface area contributed by atoms with Crippen LogP contribution in [0.5, 0.6) is 0 Å². The molecule has 20 heavy (non-hydrogen) atoms. The van der Waals surface area contributed by atoms with Crippen LogP contribution in [0.25, 0.3) is 0 Å². The molecule has 0 aliphatic carbocycles. The smallest absolute Gasteiger partial charge is 0.240 e. The maximum absolute atomic E-state index is 13.4. The lowest BCUT2D eigenvalue weighted by Gasteiger charge is -2.09. The Hall–Kier alpha value is -1.18. The Morgan fingerprint density at radius 3 is 2.50 bits per heavy atom. The number of halogens is 1. The van der Waals surface area contributed by atoms with Gasteiger partial charge < -0.3 is 10.8 Å². The molecule has 0 saturated heterocycles. The molecule has 0 bridgehead atoms. The Labute approximate surface area is 119 Å². The highest BCUT2D eigenvalue weighted by Gasteiger charge is 2.16. The van der Waals surface area contributed by atoms with Gasteiger partial charge in [0.25, 0.3) is 0 Å². The van der Waals surface area contributed by atoms with Crippen LogP contribution in [0.3, 0.4) is 0 Å². The number of hydrogen-bond donors (Lipinski definition) is 3. The second-order valence-electron chi connectivity index (χ2n) is 4.68. The van der Waals surface area contributed by atoms with E-state index in [1.54, 1.807) is 0 Å². The Balaban J connectivity index is 2.61. The van der Waals surface area contributed by atoms with Crippen LogP contribution in [-0.2, 0) is 10.0 Å². The van der Waals surface area contributed by atoms with Crippen LogP contribution in [0, 0.1) is 12.7 Å². The lowest BCUT2D eigenvalue weighted by Crippen LogP contribution is -2.25. The molecule has 0 amide bonds. The number of aryl methyl sites for hydroxylation is 1. The van der Waals surface area contributed by atoms with E-state index in [9.17, 15) is 12.8 Å². The molecule has 0 aliphatic heterocycles. The van der Waals surface area contributed by atoms with Crippen molar-refractivity contribution in [1.82, 2.24) is 4.72 Å².